The van der Waals surface area contributed by atoms with Crippen molar-refractivity contribution in [3.8, 4) is 11.5 Å². The van der Waals surface area contributed by atoms with E-state index in [-0.39, 0.29) is 18.4 Å². The summed E-state index contributed by atoms with van der Waals surface area (Å²) in [5, 5.41) is 5.62. The van der Waals surface area contributed by atoms with Crippen molar-refractivity contribution in [3.63, 3.8) is 0 Å². The third-order valence-corrected chi connectivity index (χ3v) is 4.66. The molecule has 0 heterocycles. The molecule has 0 fully saturated rings. The highest BCUT2D eigenvalue weighted by Crippen LogP contribution is 2.25. The minimum absolute atomic E-state index is 0.114. The molecule has 0 aliphatic heterocycles. The maximum absolute atomic E-state index is 12.8. The number of para-hydroxylation sites is 1. The number of ether oxygens (including phenoxy) is 2. The Kier molecular flexibility index (Phi) is 8.06. The Bertz CT molecular complexity index is 1040. The average Bonchev–Trinajstić information content (AvgIpc) is 2.78. The van der Waals surface area contributed by atoms with Crippen molar-refractivity contribution in [1.82, 2.24) is 0 Å². The van der Waals surface area contributed by atoms with Crippen molar-refractivity contribution in [2.75, 3.05) is 23.8 Å². The quantitative estimate of drug-likeness (QED) is 0.421. The summed E-state index contributed by atoms with van der Waals surface area (Å²) in [4.78, 5) is 25.0. The molecule has 3 aromatic carbocycles. The van der Waals surface area contributed by atoms with Crippen molar-refractivity contribution >= 4 is 39.1 Å². The van der Waals surface area contributed by atoms with E-state index in [0.717, 1.165) is 10.9 Å². The first-order chi connectivity index (χ1) is 15.0. The Hall–Kier alpha value is -3.32. The minimum atomic E-state index is -0.303. The second-order valence-corrected chi connectivity index (χ2v) is 7.59. The number of hydrogen-bond acceptors (Lipinski definition) is 4. The highest BCUT2D eigenvalue weighted by Gasteiger charge is 2.14. The van der Waals surface area contributed by atoms with Crippen LogP contribution in [0, 0.1) is 0 Å². The Morgan fingerprint density at radius 3 is 2.35 bits per heavy atom. The predicted octanol–water partition coefficient (Wildman–Crippen LogP) is 5.51. The molecule has 160 valence electrons. The number of benzene rings is 3. The van der Waals surface area contributed by atoms with E-state index in [9.17, 15) is 9.59 Å². The van der Waals surface area contributed by atoms with Crippen molar-refractivity contribution in [2.45, 2.75) is 13.3 Å². The number of nitrogens with one attached hydrogen (secondary N) is 2. The highest BCUT2D eigenvalue weighted by atomic mass is 79.9. The lowest BCUT2D eigenvalue weighted by Gasteiger charge is -2.13. The predicted molar refractivity (Wildman–Crippen MR) is 125 cm³/mol. The molecular weight excluding hydrogens is 460 g/mol. The third kappa shape index (κ3) is 6.86. The molecule has 0 spiro atoms. The summed E-state index contributed by atoms with van der Waals surface area (Å²) in [6, 6.07) is 21.3. The van der Waals surface area contributed by atoms with Crippen molar-refractivity contribution in [2.24, 2.45) is 0 Å². The van der Waals surface area contributed by atoms with E-state index in [2.05, 4.69) is 26.6 Å². The van der Waals surface area contributed by atoms with Crippen LogP contribution in [-0.2, 0) is 4.79 Å². The van der Waals surface area contributed by atoms with Gasteiger partial charge in [-0.05, 0) is 55.0 Å². The van der Waals surface area contributed by atoms with E-state index in [1.165, 1.54) is 0 Å². The summed E-state index contributed by atoms with van der Waals surface area (Å²) in [5.41, 5.74) is 1.53. The lowest BCUT2D eigenvalue weighted by Crippen LogP contribution is -2.20. The summed E-state index contributed by atoms with van der Waals surface area (Å²) in [7, 11) is 0. The van der Waals surface area contributed by atoms with Gasteiger partial charge in [-0.15, -0.1) is 0 Å². The highest BCUT2D eigenvalue weighted by molar-refractivity contribution is 9.10. The van der Waals surface area contributed by atoms with Crippen LogP contribution in [0.25, 0.3) is 0 Å². The number of carbonyl (C=O) groups excluding carboxylic acids is 2. The zero-order valence-corrected chi connectivity index (χ0v) is 18.6. The average molecular weight is 483 g/mol. The third-order valence-electron chi connectivity index (χ3n) is 4.17. The number of carbonyl (C=O) groups is 2. The summed E-state index contributed by atoms with van der Waals surface area (Å²) < 4.78 is 11.9. The van der Waals surface area contributed by atoms with Crippen LogP contribution in [0.1, 0.15) is 23.7 Å². The molecule has 3 aromatic rings. The van der Waals surface area contributed by atoms with Crippen LogP contribution in [0.5, 0.6) is 11.5 Å². The Labute approximate surface area is 189 Å². The van der Waals surface area contributed by atoms with Gasteiger partial charge in [-0.2, -0.15) is 0 Å². The van der Waals surface area contributed by atoms with Gasteiger partial charge in [0.25, 0.3) is 11.8 Å². The minimum Gasteiger partial charge on any atom is -0.493 e. The SMILES string of the molecule is CCCOc1ccc(Br)cc1C(=O)Nc1cccc(NC(=O)COc2ccccc2)c1. The molecule has 2 N–H and O–H groups in total. The summed E-state index contributed by atoms with van der Waals surface area (Å²) in [5.74, 6) is 0.539. The second-order valence-electron chi connectivity index (χ2n) is 6.67. The van der Waals surface area contributed by atoms with Crippen LogP contribution < -0.4 is 20.1 Å². The smallest absolute Gasteiger partial charge is 0.262 e. The molecule has 0 saturated heterocycles. The molecule has 0 aliphatic carbocycles. The first-order valence-electron chi connectivity index (χ1n) is 9.86. The summed E-state index contributed by atoms with van der Waals surface area (Å²) >= 11 is 3.39. The molecular formula is C24H23BrN2O4. The summed E-state index contributed by atoms with van der Waals surface area (Å²) in [6.07, 6.45) is 0.840. The number of anilines is 2. The van der Waals surface area contributed by atoms with E-state index in [1.54, 1.807) is 48.5 Å². The van der Waals surface area contributed by atoms with Crippen LogP contribution in [0.3, 0.4) is 0 Å². The van der Waals surface area contributed by atoms with Crippen LogP contribution in [-0.4, -0.2) is 25.0 Å². The largest absolute Gasteiger partial charge is 0.493 e. The topological polar surface area (TPSA) is 76.7 Å². The fraction of sp³-hybridized carbons (Fsp3) is 0.167. The number of hydrogen-bond donors (Lipinski definition) is 2. The fourth-order valence-corrected chi connectivity index (χ4v) is 3.11. The van der Waals surface area contributed by atoms with Crippen LogP contribution in [0.15, 0.2) is 77.3 Å². The molecule has 0 radical (unpaired) electrons. The van der Waals surface area contributed by atoms with E-state index in [4.69, 9.17) is 9.47 Å². The van der Waals surface area contributed by atoms with E-state index in [0.29, 0.717) is 35.0 Å². The summed E-state index contributed by atoms with van der Waals surface area (Å²) in [6.45, 7) is 2.41. The maximum Gasteiger partial charge on any atom is 0.262 e. The lowest BCUT2D eigenvalue weighted by atomic mass is 10.1. The molecule has 0 atom stereocenters. The molecule has 3 rings (SSSR count). The van der Waals surface area contributed by atoms with Crippen molar-refractivity contribution < 1.29 is 19.1 Å². The van der Waals surface area contributed by atoms with Gasteiger partial charge in [0.1, 0.15) is 11.5 Å². The van der Waals surface area contributed by atoms with Crippen molar-refractivity contribution in [1.29, 1.82) is 0 Å². The number of rotatable bonds is 9. The van der Waals surface area contributed by atoms with Crippen LogP contribution >= 0.6 is 15.9 Å². The number of amides is 2. The van der Waals surface area contributed by atoms with E-state index >= 15 is 0 Å². The first kappa shape index (κ1) is 22.4. The van der Waals surface area contributed by atoms with Gasteiger partial charge in [0.2, 0.25) is 0 Å². The normalized spacial score (nSPS) is 10.3. The van der Waals surface area contributed by atoms with Gasteiger partial charge in [0, 0.05) is 15.8 Å². The second kappa shape index (κ2) is 11.2. The van der Waals surface area contributed by atoms with Gasteiger partial charge in [-0.1, -0.05) is 47.1 Å². The first-order valence-corrected chi connectivity index (χ1v) is 10.7. The van der Waals surface area contributed by atoms with Gasteiger partial charge >= 0.3 is 0 Å². The van der Waals surface area contributed by atoms with Crippen LogP contribution in [0.4, 0.5) is 11.4 Å². The molecule has 2 amide bonds. The standard InChI is InChI=1S/C24H23BrN2O4/c1-2-13-30-22-12-11-17(25)14-21(22)24(29)27-19-8-6-7-18(15-19)26-23(28)16-31-20-9-4-3-5-10-20/h3-12,14-15H,2,13,16H2,1H3,(H,26,28)(H,27,29). The molecule has 0 saturated carbocycles. The van der Waals surface area contributed by atoms with Gasteiger partial charge in [0.05, 0.1) is 12.2 Å². The zero-order chi connectivity index (χ0) is 22.1. The van der Waals surface area contributed by atoms with Gasteiger partial charge in [-0.25, -0.2) is 0 Å². The zero-order valence-electron chi connectivity index (χ0n) is 17.1. The molecule has 0 aliphatic rings. The Morgan fingerprint density at radius 2 is 1.61 bits per heavy atom. The van der Waals surface area contributed by atoms with Gasteiger partial charge < -0.3 is 20.1 Å². The van der Waals surface area contributed by atoms with Crippen LogP contribution in [0.2, 0.25) is 0 Å². The molecule has 31 heavy (non-hydrogen) atoms. The van der Waals surface area contributed by atoms with Gasteiger partial charge in [0.15, 0.2) is 6.61 Å². The number of halogens is 1. The Balaban J connectivity index is 1.63. The molecule has 0 unspecified atom stereocenters. The molecule has 0 bridgehead atoms. The monoisotopic (exact) mass is 482 g/mol. The molecule has 0 aromatic heterocycles. The molecule has 6 nitrogen and oxygen atoms in total. The Morgan fingerprint density at radius 1 is 0.871 bits per heavy atom. The van der Waals surface area contributed by atoms with E-state index in [1.807, 2.05) is 31.2 Å². The lowest BCUT2D eigenvalue weighted by molar-refractivity contribution is -0.118. The van der Waals surface area contributed by atoms with E-state index < -0.39 is 0 Å². The molecule has 7 heteroatoms. The maximum atomic E-state index is 12.8. The van der Waals surface area contributed by atoms with Crippen molar-refractivity contribution in [3.05, 3.63) is 82.8 Å². The fourth-order valence-electron chi connectivity index (χ4n) is 2.75. The van der Waals surface area contributed by atoms with Gasteiger partial charge in [-0.3, -0.25) is 9.59 Å².